The van der Waals surface area contributed by atoms with Crippen LogP contribution in [0.4, 0.5) is 13.2 Å². The summed E-state index contributed by atoms with van der Waals surface area (Å²) in [6.07, 6.45) is -4.42. The molecule has 0 aromatic heterocycles. The van der Waals surface area contributed by atoms with Crippen molar-refractivity contribution in [1.29, 1.82) is 0 Å². The molecular weight excluding hydrogens is 245 g/mol. The van der Waals surface area contributed by atoms with Gasteiger partial charge in [0.2, 0.25) is 0 Å². The molecular formula is C12H13F3N2O. The van der Waals surface area contributed by atoms with E-state index in [2.05, 4.69) is 5.32 Å². The average Bonchev–Trinajstić information content (AvgIpc) is 2.26. The second kappa shape index (κ2) is 4.61. The molecule has 0 unspecified atom stereocenters. The average molecular weight is 258 g/mol. The molecule has 1 aromatic carbocycles. The summed E-state index contributed by atoms with van der Waals surface area (Å²) in [7, 11) is 1.91. The Balaban J connectivity index is 2.06. The van der Waals surface area contributed by atoms with E-state index in [0.717, 1.165) is 25.2 Å². The van der Waals surface area contributed by atoms with Crippen LogP contribution in [0.1, 0.15) is 15.9 Å². The Morgan fingerprint density at radius 2 is 2.06 bits per heavy atom. The van der Waals surface area contributed by atoms with Crippen molar-refractivity contribution < 1.29 is 18.0 Å². The number of likely N-dealkylation sites (N-methyl/N-ethyl adjacent to an activating group) is 1. The molecule has 1 aliphatic rings. The highest BCUT2D eigenvalue weighted by molar-refractivity contribution is 5.94. The molecule has 1 fully saturated rings. The topological polar surface area (TPSA) is 32.3 Å². The first-order chi connectivity index (χ1) is 8.36. The van der Waals surface area contributed by atoms with E-state index >= 15 is 0 Å². The summed E-state index contributed by atoms with van der Waals surface area (Å²) >= 11 is 0. The van der Waals surface area contributed by atoms with E-state index in [1.807, 2.05) is 11.9 Å². The van der Waals surface area contributed by atoms with E-state index in [4.69, 9.17) is 0 Å². The van der Waals surface area contributed by atoms with Crippen molar-refractivity contribution in [2.24, 2.45) is 0 Å². The Bertz CT molecular complexity index is 453. The highest BCUT2D eigenvalue weighted by atomic mass is 19.4. The fraction of sp³-hybridized carbons (Fsp3) is 0.417. The number of carbonyl (C=O) groups excluding carboxylic acids is 1. The van der Waals surface area contributed by atoms with Crippen molar-refractivity contribution in [3.05, 3.63) is 35.4 Å². The number of amides is 1. The van der Waals surface area contributed by atoms with Gasteiger partial charge in [-0.25, -0.2) is 0 Å². The highest BCUT2D eigenvalue weighted by Crippen LogP contribution is 2.29. The number of hydrogen-bond donors (Lipinski definition) is 1. The third-order valence-electron chi connectivity index (χ3n) is 2.85. The summed E-state index contributed by atoms with van der Waals surface area (Å²) < 4.78 is 37.5. The maximum Gasteiger partial charge on any atom is 0.416 e. The Morgan fingerprint density at radius 1 is 1.39 bits per heavy atom. The molecule has 1 saturated heterocycles. The van der Waals surface area contributed by atoms with E-state index in [9.17, 15) is 18.0 Å². The first kappa shape index (κ1) is 12.9. The zero-order chi connectivity index (χ0) is 13.3. The van der Waals surface area contributed by atoms with Gasteiger partial charge in [0.15, 0.2) is 0 Å². The van der Waals surface area contributed by atoms with Crippen molar-refractivity contribution in [3.63, 3.8) is 0 Å². The van der Waals surface area contributed by atoms with E-state index in [1.165, 1.54) is 12.1 Å². The largest absolute Gasteiger partial charge is 0.416 e. The number of rotatable bonds is 2. The Labute approximate surface area is 103 Å². The number of carbonyl (C=O) groups is 1. The Hall–Kier alpha value is -1.56. The normalized spacial score (nSPS) is 17.3. The molecule has 18 heavy (non-hydrogen) atoms. The molecule has 6 heteroatoms. The van der Waals surface area contributed by atoms with Crippen LogP contribution in [0.25, 0.3) is 0 Å². The SMILES string of the molecule is CN1CC(NC(=O)c2cccc(C(F)(F)F)c2)C1. The molecule has 0 saturated carbocycles. The number of halogens is 3. The summed E-state index contributed by atoms with van der Waals surface area (Å²) in [4.78, 5) is 13.7. The maximum absolute atomic E-state index is 12.5. The molecule has 0 spiro atoms. The summed E-state index contributed by atoms with van der Waals surface area (Å²) in [6, 6.07) is 4.47. The van der Waals surface area contributed by atoms with Crippen molar-refractivity contribution in [3.8, 4) is 0 Å². The van der Waals surface area contributed by atoms with E-state index in [0.29, 0.717) is 0 Å². The second-order valence-corrected chi connectivity index (χ2v) is 4.47. The van der Waals surface area contributed by atoms with Gasteiger partial charge in [0.1, 0.15) is 0 Å². The molecule has 1 N–H and O–H groups in total. The van der Waals surface area contributed by atoms with Gasteiger partial charge < -0.3 is 10.2 Å². The molecule has 98 valence electrons. The summed E-state index contributed by atoms with van der Waals surface area (Å²) in [5, 5.41) is 2.69. The molecule has 2 rings (SSSR count). The number of likely N-dealkylation sites (tertiary alicyclic amines) is 1. The molecule has 0 bridgehead atoms. The quantitative estimate of drug-likeness (QED) is 0.876. The molecule has 1 aromatic rings. The fourth-order valence-corrected chi connectivity index (χ4v) is 1.90. The number of hydrogen-bond acceptors (Lipinski definition) is 2. The third kappa shape index (κ3) is 2.81. The number of nitrogens with one attached hydrogen (secondary N) is 1. The first-order valence-corrected chi connectivity index (χ1v) is 5.53. The van der Waals surface area contributed by atoms with Gasteiger partial charge in [-0.3, -0.25) is 4.79 Å². The van der Waals surface area contributed by atoms with Crippen LogP contribution in [0, 0.1) is 0 Å². The van der Waals surface area contributed by atoms with Crippen LogP contribution in [0.5, 0.6) is 0 Å². The lowest BCUT2D eigenvalue weighted by Gasteiger charge is -2.36. The monoisotopic (exact) mass is 258 g/mol. The van der Waals surface area contributed by atoms with Crippen LogP contribution in [-0.2, 0) is 6.18 Å². The zero-order valence-electron chi connectivity index (χ0n) is 9.79. The van der Waals surface area contributed by atoms with E-state index < -0.39 is 17.6 Å². The van der Waals surface area contributed by atoms with Crippen molar-refractivity contribution in [2.75, 3.05) is 20.1 Å². The fourth-order valence-electron chi connectivity index (χ4n) is 1.90. The van der Waals surface area contributed by atoms with Gasteiger partial charge in [0, 0.05) is 18.7 Å². The lowest BCUT2D eigenvalue weighted by atomic mass is 10.1. The first-order valence-electron chi connectivity index (χ1n) is 5.53. The predicted molar refractivity (Wildman–Crippen MR) is 60.2 cm³/mol. The lowest BCUT2D eigenvalue weighted by Crippen LogP contribution is -2.57. The standard InChI is InChI=1S/C12H13F3N2O/c1-17-6-10(7-17)16-11(18)8-3-2-4-9(5-8)12(13,14)15/h2-5,10H,6-7H2,1H3,(H,16,18). The summed E-state index contributed by atoms with van der Waals surface area (Å²) in [5.74, 6) is -0.459. The van der Waals surface area contributed by atoms with Crippen molar-refractivity contribution in [2.45, 2.75) is 12.2 Å². The second-order valence-electron chi connectivity index (χ2n) is 4.47. The van der Waals surface area contributed by atoms with E-state index in [-0.39, 0.29) is 11.6 Å². The van der Waals surface area contributed by atoms with Gasteiger partial charge in [0.25, 0.3) is 5.91 Å². The number of benzene rings is 1. The molecule has 0 aliphatic carbocycles. The molecule has 0 atom stereocenters. The van der Waals surface area contributed by atoms with Crippen LogP contribution >= 0.6 is 0 Å². The molecule has 0 radical (unpaired) electrons. The Morgan fingerprint density at radius 3 is 2.61 bits per heavy atom. The van der Waals surface area contributed by atoms with Gasteiger partial charge in [-0.2, -0.15) is 13.2 Å². The zero-order valence-corrected chi connectivity index (χ0v) is 9.79. The number of nitrogens with zero attached hydrogens (tertiary/aromatic N) is 1. The van der Waals surface area contributed by atoms with Gasteiger partial charge in [-0.1, -0.05) is 6.07 Å². The maximum atomic E-state index is 12.5. The minimum atomic E-state index is -4.42. The minimum absolute atomic E-state index is 0.0250. The predicted octanol–water partition coefficient (Wildman–Crippen LogP) is 1.75. The summed E-state index contributed by atoms with van der Waals surface area (Å²) in [5.41, 5.74) is -0.764. The summed E-state index contributed by atoms with van der Waals surface area (Å²) in [6.45, 7) is 1.45. The minimum Gasteiger partial charge on any atom is -0.347 e. The molecule has 1 amide bonds. The van der Waals surface area contributed by atoms with Crippen LogP contribution in [0.2, 0.25) is 0 Å². The number of alkyl halides is 3. The Kier molecular flexibility index (Phi) is 3.30. The highest BCUT2D eigenvalue weighted by Gasteiger charge is 2.31. The molecule has 1 aliphatic heterocycles. The van der Waals surface area contributed by atoms with Crippen LogP contribution < -0.4 is 5.32 Å². The smallest absolute Gasteiger partial charge is 0.347 e. The van der Waals surface area contributed by atoms with E-state index in [1.54, 1.807) is 0 Å². The van der Waals surface area contributed by atoms with Crippen molar-refractivity contribution in [1.82, 2.24) is 10.2 Å². The van der Waals surface area contributed by atoms with Crippen LogP contribution in [0.15, 0.2) is 24.3 Å². The van der Waals surface area contributed by atoms with Gasteiger partial charge in [-0.15, -0.1) is 0 Å². The van der Waals surface area contributed by atoms with Crippen LogP contribution in [0.3, 0.4) is 0 Å². The van der Waals surface area contributed by atoms with Gasteiger partial charge >= 0.3 is 6.18 Å². The lowest BCUT2D eigenvalue weighted by molar-refractivity contribution is -0.137. The molecule has 3 nitrogen and oxygen atoms in total. The van der Waals surface area contributed by atoms with Gasteiger partial charge in [-0.05, 0) is 25.2 Å². The third-order valence-corrected chi connectivity index (χ3v) is 2.85. The molecule has 1 heterocycles. The van der Waals surface area contributed by atoms with Crippen LogP contribution in [-0.4, -0.2) is 37.0 Å². The van der Waals surface area contributed by atoms with Crippen molar-refractivity contribution >= 4 is 5.91 Å². The van der Waals surface area contributed by atoms with Gasteiger partial charge in [0.05, 0.1) is 11.6 Å².